The van der Waals surface area contributed by atoms with Crippen LogP contribution in [0.15, 0.2) is 30.9 Å². The average Bonchev–Trinajstić information content (AvgIpc) is 2.37. The third-order valence-electron chi connectivity index (χ3n) is 2.70. The Labute approximate surface area is 106 Å². The van der Waals surface area contributed by atoms with Gasteiger partial charge in [0.05, 0.1) is 0 Å². The summed E-state index contributed by atoms with van der Waals surface area (Å²) in [5, 5.41) is 3.29. The van der Waals surface area contributed by atoms with Crippen LogP contribution in [0.2, 0.25) is 0 Å². The zero-order chi connectivity index (χ0) is 13.0. The maximum absolute atomic E-state index is 5.89. The van der Waals surface area contributed by atoms with E-state index in [0.717, 1.165) is 16.9 Å². The van der Waals surface area contributed by atoms with Gasteiger partial charge in [-0.05, 0) is 23.6 Å². The minimum Gasteiger partial charge on any atom is -0.383 e. The van der Waals surface area contributed by atoms with Gasteiger partial charge >= 0.3 is 0 Å². The molecule has 0 radical (unpaired) electrons. The molecule has 2 rings (SSSR count). The van der Waals surface area contributed by atoms with E-state index in [9.17, 15) is 0 Å². The van der Waals surface area contributed by atoms with Gasteiger partial charge in [-0.3, -0.25) is 4.98 Å². The maximum Gasteiger partial charge on any atom is 0.135 e. The van der Waals surface area contributed by atoms with Gasteiger partial charge < -0.3 is 11.1 Å². The maximum atomic E-state index is 5.89. The van der Waals surface area contributed by atoms with Gasteiger partial charge in [-0.15, -0.1) is 0 Å². The van der Waals surface area contributed by atoms with Crippen molar-refractivity contribution < 1.29 is 0 Å². The molecule has 0 unspecified atom stereocenters. The second-order valence-corrected chi connectivity index (χ2v) is 4.38. The lowest BCUT2D eigenvalue weighted by Gasteiger charge is -2.14. The lowest BCUT2D eigenvalue weighted by Crippen LogP contribution is -2.09. The van der Waals surface area contributed by atoms with E-state index in [-0.39, 0.29) is 5.92 Å². The molecule has 2 heterocycles. The van der Waals surface area contributed by atoms with Gasteiger partial charge in [-0.25, -0.2) is 9.97 Å². The highest BCUT2D eigenvalue weighted by Gasteiger charge is 2.12. The summed E-state index contributed by atoms with van der Waals surface area (Å²) < 4.78 is 0. The first kappa shape index (κ1) is 12.3. The highest BCUT2D eigenvalue weighted by atomic mass is 15.0. The number of hydrogen-bond acceptors (Lipinski definition) is 5. The summed E-state index contributed by atoms with van der Waals surface area (Å²) in [6.45, 7) is 4.85. The predicted octanol–water partition coefficient (Wildman–Crippen LogP) is 2.19. The van der Waals surface area contributed by atoms with Gasteiger partial charge in [0.1, 0.15) is 18.0 Å². The quantitative estimate of drug-likeness (QED) is 0.860. The van der Waals surface area contributed by atoms with Gasteiger partial charge in [-0.2, -0.15) is 0 Å². The molecule has 3 N–H and O–H groups in total. The number of aromatic nitrogens is 3. The molecule has 0 aliphatic rings. The summed E-state index contributed by atoms with van der Waals surface area (Å²) in [7, 11) is 0. The normalized spacial score (nSPS) is 10.6. The fraction of sp³-hybridized carbons (Fsp3) is 0.308. The molecule has 0 bridgehead atoms. The molecule has 0 saturated heterocycles. The second kappa shape index (κ2) is 5.44. The van der Waals surface area contributed by atoms with E-state index in [1.54, 1.807) is 12.4 Å². The van der Waals surface area contributed by atoms with Crippen molar-refractivity contribution >= 4 is 11.6 Å². The molecule has 0 aliphatic carbocycles. The number of hydrogen-bond donors (Lipinski definition) is 2. The Kier molecular flexibility index (Phi) is 3.72. The molecular weight excluding hydrogens is 226 g/mol. The fourth-order valence-electron chi connectivity index (χ4n) is 1.81. The zero-order valence-electron chi connectivity index (χ0n) is 10.6. The molecule has 94 valence electrons. The largest absolute Gasteiger partial charge is 0.383 e. The molecule has 2 aromatic heterocycles. The Morgan fingerprint density at radius 2 is 1.94 bits per heavy atom. The molecule has 5 nitrogen and oxygen atoms in total. The van der Waals surface area contributed by atoms with Crippen LogP contribution in [0, 0.1) is 0 Å². The summed E-state index contributed by atoms with van der Waals surface area (Å²) in [6, 6.07) is 3.93. The first-order valence-electron chi connectivity index (χ1n) is 5.91. The molecule has 0 saturated carbocycles. The molecular formula is C13H17N5. The smallest absolute Gasteiger partial charge is 0.135 e. The van der Waals surface area contributed by atoms with Crippen LogP contribution in [0.4, 0.5) is 11.6 Å². The Morgan fingerprint density at radius 3 is 2.61 bits per heavy atom. The molecule has 0 aromatic carbocycles. The molecule has 0 fully saturated rings. The number of nitrogens with one attached hydrogen (secondary N) is 1. The van der Waals surface area contributed by atoms with Crippen LogP contribution in [0.1, 0.15) is 30.9 Å². The van der Waals surface area contributed by atoms with Crippen molar-refractivity contribution in [3.8, 4) is 0 Å². The van der Waals surface area contributed by atoms with E-state index in [2.05, 4.69) is 34.1 Å². The number of nitrogens with two attached hydrogens (primary N) is 1. The molecule has 0 amide bonds. The second-order valence-electron chi connectivity index (χ2n) is 4.38. The molecule has 2 aromatic rings. The van der Waals surface area contributed by atoms with Crippen molar-refractivity contribution in [1.29, 1.82) is 0 Å². The third-order valence-corrected chi connectivity index (χ3v) is 2.70. The van der Waals surface area contributed by atoms with Crippen molar-refractivity contribution in [2.75, 3.05) is 11.1 Å². The highest BCUT2D eigenvalue weighted by molar-refractivity contribution is 5.56. The van der Waals surface area contributed by atoms with Crippen molar-refractivity contribution in [1.82, 2.24) is 15.0 Å². The SMILES string of the molecule is CC(C)c1c(N)ncnc1NCc1ccncc1. The van der Waals surface area contributed by atoms with Crippen LogP contribution in [0.25, 0.3) is 0 Å². The van der Waals surface area contributed by atoms with Crippen molar-refractivity contribution in [2.45, 2.75) is 26.3 Å². The van der Waals surface area contributed by atoms with E-state index in [4.69, 9.17) is 5.73 Å². The van der Waals surface area contributed by atoms with Gasteiger partial charge in [-0.1, -0.05) is 13.8 Å². The van der Waals surface area contributed by atoms with Gasteiger partial charge in [0.25, 0.3) is 0 Å². The van der Waals surface area contributed by atoms with Crippen LogP contribution < -0.4 is 11.1 Å². The Hall–Kier alpha value is -2.17. The first-order chi connectivity index (χ1) is 8.68. The van der Waals surface area contributed by atoms with Crippen LogP contribution in [-0.2, 0) is 6.54 Å². The minimum absolute atomic E-state index is 0.283. The van der Waals surface area contributed by atoms with Gasteiger partial charge in [0, 0.05) is 24.5 Å². The fourth-order valence-corrected chi connectivity index (χ4v) is 1.81. The topological polar surface area (TPSA) is 76.7 Å². The molecule has 0 spiro atoms. The molecule has 0 aliphatic heterocycles. The molecule has 18 heavy (non-hydrogen) atoms. The highest BCUT2D eigenvalue weighted by Crippen LogP contribution is 2.26. The zero-order valence-corrected chi connectivity index (χ0v) is 10.6. The van der Waals surface area contributed by atoms with E-state index < -0.39 is 0 Å². The summed E-state index contributed by atoms with van der Waals surface area (Å²) in [6.07, 6.45) is 5.03. The lowest BCUT2D eigenvalue weighted by atomic mass is 10.0. The Morgan fingerprint density at radius 1 is 1.22 bits per heavy atom. The Balaban J connectivity index is 2.17. The van der Waals surface area contributed by atoms with Gasteiger partial charge in [0.2, 0.25) is 0 Å². The van der Waals surface area contributed by atoms with Crippen LogP contribution in [0.5, 0.6) is 0 Å². The minimum atomic E-state index is 0.283. The number of nitrogens with zero attached hydrogens (tertiary/aromatic N) is 3. The van der Waals surface area contributed by atoms with E-state index in [0.29, 0.717) is 12.4 Å². The molecule has 0 atom stereocenters. The first-order valence-corrected chi connectivity index (χ1v) is 5.91. The van der Waals surface area contributed by atoms with Crippen LogP contribution >= 0.6 is 0 Å². The van der Waals surface area contributed by atoms with Crippen molar-refractivity contribution in [2.24, 2.45) is 0 Å². The molecule has 5 heteroatoms. The number of anilines is 2. The number of rotatable bonds is 4. The number of pyridine rings is 1. The summed E-state index contributed by atoms with van der Waals surface area (Å²) >= 11 is 0. The van der Waals surface area contributed by atoms with E-state index >= 15 is 0 Å². The van der Waals surface area contributed by atoms with E-state index in [1.165, 1.54) is 6.33 Å². The Bertz CT molecular complexity index is 510. The lowest BCUT2D eigenvalue weighted by molar-refractivity contribution is 0.849. The average molecular weight is 243 g/mol. The summed E-state index contributed by atoms with van der Waals surface area (Å²) in [4.78, 5) is 12.3. The summed E-state index contributed by atoms with van der Waals surface area (Å²) in [5.41, 5.74) is 8.00. The predicted molar refractivity (Wildman–Crippen MR) is 72.1 cm³/mol. The standard InChI is InChI=1S/C13H17N5/c1-9(2)11-12(14)17-8-18-13(11)16-7-10-3-5-15-6-4-10/h3-6,8-9H,7H2,1-2H3,(H3,14,16,17,18). The van der Waals surface area contributed by atoms with Gasteiger partial charge in [0.15, 0.2) is 0 Å². The van der Waals surface area contributed by atoms with Crippen molar-refractivity contribution in [3.05, 3.63) is 42.0 Å². The summed E-state index contributed by atoms with van der Waals surface area (Å²) in [5.74, 6) is 1.62. The van der Waals surface area contributed by atoms with Crippen molar-refractivity contribution in [3.63, 3.8) is 0 Å². The van der Waals surface area contributed by atoms with Crippen LogP contribution in [0.3, 0.4) is 0 Å². The third kappa shape index (κ3) is 2.74. The number of nitrogen functional groups attached to an aromatic ring is 1. The monoisotopic (exact) mass is 243 g/mol. The van der Waals surface area contributed by atoms with E-state index in [1.807, 2.05) is 12.1 Å². The van der Waals surface area contributed by atoms with Crippen LogP contribution in [-0.4, -0.2) is 15.0 Å².